The highest BCUT2D eigenvalue weighted by Crippen LogP contribution is 2.27. The lowest BCUT2D eigenvalue weighted by atomic mass is 10.3. The molecule has 4 nitrogen and oxygen atoms in total. The number of aromatic nitrogens is 2. The average molecular weight is 299 g/mol. The van der Waals surface area contributed by atoms with Crippen LogP contribution in [0.2, 0.25) is 0 Å². The van der Waals surface area contributed by atoms with E-state index < -0.39 is 36.2 Å². The number of carbonyl (C=O) groups is 1. The van der Waals surface area contributed by atoms with Crippen molar-refractivity contribution in [2.45, 2.75) is 25.8 Å². The number of thiol groups is 1. The number of nitrogens with zero attached hydrogens (tertiary/aromatic N) is 2. The third-order valence-corrected chi connectivity index (χ3v) is 2.61. The molecule has 0 spiro atoms. The Morgan fingerprint density at radius 3 is 2.53 bits per heavy atom. The Bertz CT molecular complexity index is 438. The van der Waals surface area contributed by atoms with Gasteiger partial charge < -0.3 is 5.32 Å². The predicted molar refractivity (Wildman–Crippen MR) is 63.7 cm³/mol. The van der Waals surface area contributed by atoms with Gasteiger partial charge in [-0.2, -0.15) is 17.7 Å². The lowest BCUT2D eigenvalue weighted by molar-refractivity contribution is -0.124. The standard InChI is InChI=1S/C10H13F4N3OS/c1-5(10(18)15-2-3-19)17-7(9(13)14)4-6(16-17)8(11)12/h4-5,8-9,19H,2-3H2,1H3,(H,15,18). The maximum absolute atomic E-state index is 12.7. The molecule has 0 saturated carbocycles. The summed E-state index contributed by atoms with van der Waals surface area (Å²) in [7, 11) is 0. The van der Waals surface area contributed by atoms with Crippen LogP contribution in [0, 0.1) is 0 Å². The molecular weight excluding hydrogens is 286 g/mol. The van der Waals surface area contributed by atoms with Crippen LogP contribution in [0.15, 0.2) is 6.07 Å². The number of hydrogen-bond donors (Lipinski definition) is 2. The largest absolute Gasteiger partial charge is 0.353 e. The van der Waals surface area contributed by atoms with Gasteiger partial charge >= 0.3 is 0 Å². The quantitative estimate of drug-likeness (QED) is 0.626. The zero-order valence-corrected chi connectivity index (χ0v) is 10.9. The van der Waals surface area contributed by atoms with Gasteiger partial charge in [0.1, 0.15) is 17.4 Å². The average Bonchev–Trinajstić information content (AvgIpc) is 2.80. The van der Waals surface area contributed by atoms with Crippen molar-refractivity contribution in [2.75, 3.05) is 12.3 Å². The summed E-state index contributed by atoms with van der Waals surface area (Å²) in [5.41, 5.74) is -1.48. The second-order valence-corrected chi connectivity index (χ2v) is 4.18. The Labute approximate surface area is 112 Å². The summed E-state index contributed by atoms with van der Waals surface area (Å²) in [6.45, 7) is 1.56. The molecule has 1 rings (SSSR count). The van der Waals surface area contributed by atoms with Crippen LogP contribution in [-0.2, 0) is 4.79 Å². The summed E-state index contributed by atoms with van der Waals surface area (Å²) in [5.74, 6) is -0.207. The molecular formula is C10H13F4N3OS. The van der Waals surface area contributed by atoms with E-state index >= 15 is 0 Å². The topological polar surface area (TPSA) is 46.9 Å². The van der Waals surface area contributed by atoms with E-state index in [1.165, 1.54) is 6.92 Å². The van der Waals surface area contributed by atoms with E-state index in [1.807, 2.05) is 0 Å². The molecule has 9 heteroatoms. The summed E-state index contributed by atoms with van der Waals surface area (Å²) in [6, 6.07) is -0.492. The lowest BCUT2D eigenvalue weighted by Crippen LogP contribution is -2.33. The van der Waals surface area contributed by atoms with Crippen LogP contribution in [0.4, 0.5) is 17.6 Å². The normalized spacial score (nSPS) is 13.1. The maximum Gasteiger partial charge on any atom is 0.282 e. The molecule has 1 N–H and O–H groups in total. The highest BCUT2D eigenvalue weighted by molar-refractivity contribution is 7.80. The molecule has 1 amide bonds. The van der Waals surface area contributed by atoms with Gasteiger partial charge in [-0.3, -0.25) is 9.48 Å². The minimum absolute atomic E-state index is 0.249. The Balaban J connectivity index is 3.00. The number of halogens is 4. The van der Waals surface area contributed by atoms with Crippen molar-refractivity contribution < 1.29 is 22.4 Å². The molecule has 0 fully saturated rings. The van der Waals surface area contributed by atoms with Gasteiger partial charge in [0.2, 0.25) is 5.91 Å². The van der Waals surface area contributed by atoms with Gasteiger partial charge in [-0.15, -0.1) is 0 Å². The van der Waals surface area contributed by atoms with E-state index in [1.54, 1.807) is 0 Å². The first-order chi connectivity index (χ1) is 8.88. The maximum atomic E-state index is 12.7. The molecule has 1 atom stereocenters. The Morgan fingerprint density at radius 1 is 1.42 bits per heavy atom. The van der Waals surface area contributed by atoms with E-state index in [0.29, 0.717) is 16.5 Å². The van der Waals surface area contributed by atoms with Crippen LogP contribution in [0.3, 0.4) is 0 Å². The van der Waals surface area contributed by atoms with Gasteiger partial charge in [0, 0.05) is 12.3 Å². The van der Waals surface area contributed by atoms with Crippen molar-refractivity contribution >= 4 is 18.5 Å². The molecule has 1 aromatic heterocycles. The number of alkyl halides is 4. The number of carbonyl (C=O) groups excluding carboxylic acids is 1. The Hall–Kier alpha value is -1.25. The third-order valence-electron chi connectivity index (χ3n) is 2.39. The number of rotatable bonds is 6. The molecule has 1 unspecified atom stereocenters. The van der Waals surface area contributed by atoms with Crippen LogP contribution < -0.4 is 5.32 Å². The van der Waals surface area contributed by atoms with E-state index in [4.69, 9.17) is 0 Å². The molecule has 1 heterocycles. The number of amides is 1. The highest BCUT2D eigenvalue weighted by Gasteiger charge is 2.26. The zero-order valence-electron chi connectivity index (χ0n) is 9.99. The van der Waals surface area contributed by atoms with Crippen molar-refractivity contribution in [1.29, 1.82) is 0 Å². The van der Waals surface area contributed by atoms with Crippen molar-refractivity contribution in [3.05, 3.63) is 17.5 Å². The van der Waals surface area contributed by atoms with Gasteiger partial charge in [0.15, 0.2) is 0 Å². The SMILES string of the molecule is CC(C(=O)NCCS)n1nc(C(F)F)cc1C(F)F. The molecule has 19 heavy (non-hydrogen) atoms. The van der Waals surface area contributed by atoms with Crippen molar-refractivity contribution in [2.24, 2.45) is 0 Å². The van der Waals surface area contributed by atoms with Gasteiger partial charge in [-0.25, -0.2) is 17.6 Å². The van der Waals surface area contributed by atoms with Gasteiger partial charge in [0.05, 0.1) is 0 Å². The fourth-order valence-corrected chi connectivity index (χ4v) is 1.56. The van der Waals surface area contributed by atoms with Crippen LogP contribution in [0.25, 0.3) is 0 Å². The van der Waals surface area contributed by atoms with Crippen molar-refractivity contribution in [3.8, 4) is 0 Å². The van der Waals surface area contributed by atoms with E-state index in [-0.39, 0.29) is 6.54 Å². The summed E-state index contributed by atoms with van der Waals surface area (Å²) in [5, 5.41) is 5.79. The summed E-state index contributed by atoms with van der Waals surface area (Å²) < 4.78 is 51.0. The third kappa shape index (κ3) is 3.85. The zero-order chi connectivity index (χ0) is 14.6. The number of nitrogens with one attached hydrogen (secondary N) is 1. The lowest BCUT2D eigenvalue weighted by Gasteiger charge is -2.15. The van der Waals surface area contributed by atoms with Crippen molar-refractivity contribution in [1.82, 2.24) is 15.1 Å². The molecule has 1 aromatic rings. The first-order valence-corrected chi connectivity index (χ1v) is 6.06. The summed E-state index contributed by atoms with van der Waals surface area (Å²) in [6.07, 6.45) is -5.95. The van der Waals surface area contributed by atoms with Gasteiger partial charge in [-0.05, 0) is 13.0 Å². The minimum Gasteiger partial charge on any atom is -0.353 e. The fourth-order valence-electron chi connectivity index (χ4n) is 1.45. The minimum atomic E-state index is -2.99. The second-order valence-electron chi connectivity index (χ2n) is 3.73. The smallest absolute Gasteiger partial charge is 0.282 e. The monoisotopic (exact) mass is 299 g/mol. The summed E-state index contributed by atoms with van der Waals surface area (Å²) in [4.78, 5) is 11.6. The molecule has 108 valence electrons. The van der Waals surface area contributed by atoms with Crippen molar-refractivity contribution in [3.63, 3.8) is 0 Å². The molecule has 0 aliphatic heterocycles. The van der Waals surface area contributed by atoms with Crippen LogP contribution in [-0.4, -0.2) is 28.0 Å². The summed E-state index contributed by atoms with van der Waals surface area (Å²) >= 11 is 3.88. The van der Waals surface area contributed by atoms with Gasteiger partial charge in [0.25, 0.3) is 12.9 Å². The second kappa shape index (κ2) is 6.78. The Kier molecular flexibility index (Phi) is 5.64. The van der Waals surface area contributed by atoms with E-state index in [2.05, 4.69) is 23.0 Å². The fraction of sp³-hybridized carbons (Fsp3) is 0.600. The molecule has 0 bridgehead atoms. The molecule has 0 aliphatic rings. The van der Waals surface area contributed by atoms with Crippen LogP contribution in [0.5, 0.6) is 0 Å². The van der Waals surface area contributed by atoms with Crippen LogP contribution in [0.1, 0.15) is 37.2 Å². The first-order valence-electron chi connectivity index (χ1n) is 5.42. The molecule has 0 saturated heterocycles. The molecule has 0 radical (unpaired) electrons. The van der Waals surface area contributed by atoms with Crippen LogP contribution >= 0.6 is 12.6 Å². The van der Waals surface area contributed by atoms with E-state index in [0.717, 1.165) is 0 Å². The van der Waals surface area contributed by atoms with E-state index in [9.17, 15) is 22.4 Å². The van der Waals surface area contributed by atoms with Gasteiger partial charge in [-0.1, -0.05) is 0 Å². The highest BCUT2D eigenvalue weighted by atomic mass is 32.1. The molecule has 0 aliphatic carbocycles. The predicted octanol–water partition coefficient (Wildman–Crippen LogP) is 2.37. The Morgan fingerprint density at radius 2 is 2.05 bits per heavy atom. The number of hydrogen-bond acceptors (Lipinski definition) is 3. The first kappa shape index (κ1) is 15.8. The molecule has 0 aromatic carbocycles.